The zero-order valence-corrected chi connectivity index (χ0v) is 11.8. The van der Waals surface area contributed by atoms with Crippen LogP contribution in [0.1, 0.15) is 0 Å². The standard InChI is InChI=1S/C15H12BrN3/c1-2-10-19-13-8-4-3-7-12(13)18-15(19)11-6-5-9-17-14(11)16/h2-9H,1,10H2. The van der Waals surface area contributed by atoms with Crippen LogP contribution in [0.2, 0.25) is 0 Å². The van der Waals surface area contributed by atoms with Gasteiger partial charge in [-0.25, -0.2) is 9.97 Å². The molecule has 3 rings (SSSR count). The van der Waals surface area contributed by atoms with Gasteiger partial charge in [-0.2, -0.15) is 0 Å². The number of rotatable bonds is 3. The van der Waals surface area contributed by atoms with Crippen molar-refractivity contribution in [1.82, 2.24) is 14.5 Å². The van der Waals surface area contributed by atoms with Crippen molar-refractivity contribution in [2.24, 2.45) is 0 Å². The maximum absolute atomic E-state index is 4.71. The van der Waals surface area contributed by atoms with E-state index in [0.717, 1.165) is 33.6 Å². The minimum absolute atomic E-state index is 0.719. The maximum atomic E-state index is 4.71. The van der Waals surface area contributed by atoms with E-state index >= 15 is 0 Å². The second-order valence-corrected chi connectivity index (χ2v) is 4.92. The molecule has 0 amide bonds. The summed E-state index contributed by atoms with van der Waals surface area (Å²) in [5.74, 6) is 0.904. The number of para-hydroxylation sites is 2. The Morgan fingerprint density at radius 3 is 2.84 bits per heavy atom. The highest BCUT2D eigenvalue weighted by atomic mass is 79.9. The Morgan fingerprint density at radius 2 is 2.05 bits per heavy atom. The number of allylic oxidation sites excluding steroid dienone is 1. The summed E-state index contributed by atoms with van der Waals surface area (Å²) in [4.78, 5) is 8.97. The highest BCUT2D eigenvalue weighted by Gasteiger charge is 2.13. The normalized spacial score (nSPS) is 10.8. The van der Waals surface area contributed by atoms with E-state index in [1.807, 2.05) is 36.4 Å². The number of pyridine rings is 1. The first-order valence-corrected chi connectivity index (χ1v) is 6.77. The van der Waals surface area contributed by atoms with Crippen molar-refractivity contribution < 1.29 is 0 Å². The average Bonchev–Trinajstić information content (AvgIpc) is 2.79. The first-order valence-electron chi connectivity index (χ1n) is 5.98. The van der Waals surface area contributed by atoms with Crippen molar-refractivity contribution in [3.8, 4) is 11.4 Å². The highest BCUT2D eigenvalue weighted by molar-refractivity contribution is 9.10. The van der Waals surface area contributed by atoms with Crippen molar-refractivity contribution in [2.75, 3.05) is 0 Å². The minimum atomic E-state index is 0.719. The van der Waals surface area contributed by atoms with Gasteiger partial charge in [-0.15, -0.1) is 6.58 Å². The van der Waals surface area contributed by atoms with E-state index in [1.165, 1.54) is 0 Å². The topological polar surface area (TPSA) is 30.7 Å². The van der Waals surface area contributed by atoms with Crippen molar-refractivity contribution in [3.63, 3.8) is 0 Å². The maximum Gasteiger partial charge on any atom is 0.144 e. The molecule has 0 saturated carbocycles. The van der Waals surface area contributed by atoms with Crippen molar-refractivity contribution in [2.45, 2.75) is 6.54 Å². The third-order valence-corrected chi connectivity index (χ3v) is 3.60. The number of benzene rings is 1. The molecule has 94 valence electrons. The summed E-state index contributed by atoms with van der Waals surface area (Å²) in [6.07, 6.45) is 3.63. The van der Waals surface area contributed by atoms with Gasteiger partial charge >= 0.3 is 0 Å². The largest absolute Gasteiger partial charge is 0.320 e. The lowest BCUT2D eigenvalue weighted by Crippen LogP contribution is -1.99. The van der Waals surface area contributed by atoms with Crippen LogP contribution in [0, 0.1) is 0 Å². The predicted octanol–water partition coefficient (Wildman–Crippen LogP) is 4.05. The fourth-order valence-electron chi connectivity index (χ4n) is 2.15. The Morgan fingerprint density at radius 1 is 1.21 bits per heavy atom. The van der Waals surface area contributed by atoms with Crippen LogP contribution in [0.5, 0.6) is 0 Å². The number of nitrogens with zero attached hydrogens (tertiary/aromatic N) is 3. The molecule has 0 N–H and O–H groups in total. The van der Waals surface area contributed by atoms with E-state index in [0.29, 0.717) is 0 Å². The Bertz CT molecular complexity index is 746. The lowest BCUT2D eigenvalue weighted by Gasteiger charge is -2.07. The molecule has 0 aliphatic heterocycles. The SMILES string of the molecule is C=CCn1c(-c2cccnc2Br)nc2ccccc21. The number of aromatic nitrogens is 3. The Balaban J connectivity index is 2.31. The van der Waals surface area contributed by atoms with Gasteiger partial charge in [0, 0.05) is 12.7 Å². The molecule has 19 heavy (non-hydrogen) atoms. The Labute approximate surface area is 119 Å². The molecule has 0 spiro atoms. The van der Waals surface area contributed by atoms with Gasteiger partial charge in [-0.1, -0.05) is 18.2 Å². The molecule has 0 fully saturated rings. The average molecular weight is 314 g/mol. The molecule has 0 atom stereocenters. The van der Waals surface area contributed by atoms with Crippen LogP contribution in [0.25, 0.3) is 22.4 Å². The van der Waals surface area contributed by atoms with Gasteiger partial charge < -0.3 is 4.57 Å². The summed E-state index contributed by atoms with van der Waals surface area (Å²) in [6.45, 7) is 4.54. The number of hydrogen-bond donors (Lipinski definition) is 0. The number of halogens is 1. The van der Waals surface area contributed by atoms with Gasteiger partial charge in [-0.3, -0.25) is 0 Å². The molecule has 0 unspecified atom stereocenters. The molecule has 1 aromatic carbocycles. The molecule has 0 bridgehead atoms. The van der Waals surface area contributed by atoms with Crippen molar-refractivity contribution >= 4 is 27.0 Å². The van der Waals surface area contributed by atoms with Crippen LogP contribution in [0.3, 0.4) is 0 Å². The second-order valence-electron chi connectivity index (χ2n) is 4.17. The van der Waals surface area contributed by atoms with E-state index in [9.17, 15) is 0 Å². The van der Waals surface area contributed by atoms with E-state index in [-0.39, 0.29) is 0 Å². The molecular weight excluding hydrogens is 302 g/mol. The molecule has 0 aliphatic carbocycles. The molecule has 0 radical (unpaired) electrons. The monoisotopic (exact) mass is 313 g/mol. The number of fused-ring (bicyclic) bond motifs is 1. The summed E-state index contributed by atoms with van der Waals surface area (Å²) < 4.78 is 2.94. The zero-order valence-electron chi connectivity index (χ0n) is 10.3. The summed E-state index contributed by atoms with van der Waals surface area (Å²) in [5, 5.41) is 0. The molecule has 2 aromatic heterocycles. The summed E-state index contributed by atoms with van der Waals surface area (Å²) >= 11 is 3.49. The summed E-state index contributed by atoms with van der Waals surface area (Å²) in [5.41, 5.74) is 3.07. The molecule has 2 heterocycles. The van der Waals surface area contributed by atoms with E-state index in [4.69, 9.17) is 4.98 Å². The van der Waals surface area contributed by atoms with Gasteiger partial charge in [0.05, 0.1) is 16.6 Å². The fraction of sp³-hybridized carbons (Fsp3) is 0.0667. The molecular formula is C15H12BrN3. The predicted molar refractivity (Wildman–Crippen MR) is 80.9 cm³/mol. The number of hydrogen-bond acceptors (Lipinski definition) is 2. The van der Waals surface area contributed by atoms with E-state index in [2.05, 4.69) is 38.1 Å². The van der Waals surface area contributed by atoms with Crippen LogP contribution in [0.15, 0.2) is 59.9 Å². The third-order valence-electron chi connectivity index (χ3n) is 2.97. The van der Waals surface area contributed by atoms with Crippen molar-refractivity contribution in [3.05, 3.63) is 59.9 Å². The van der Waals surface area contributed by atoms with Crippen LogP contribution < -0.4 is 0 Å². The first-order chi connectivity index (χ1) is 9.31. The number of imidazole rings is 1. The molecule has 0 saturated heterocycles. The van der Waals surface area contributed by atoms with Crippen molar-refractivity contribution in [1.29, 1.82) is 0 Å². The molecule has 3 nitrogen and oxygen atoms in total. The van der Waals surface area contributed by atoms with Gasteiger partial charge in [0.25, 0.3) is 0 Å². The smallest absolute Gasteiger partial charge is 0.144 e. The molecule has 0 aliphatic rings. The summed E-state index contributed by atoms with van der Waals surface area (Å²) in [7, 11) is 0. The van der Waals surface area contributed by atoms with Crippen LogP contribution >= 0.6 is 15.9 Å². The Kier molecular flexibility index (Phi) is 3.17. The highest BCUT2D eigenvalue weighted by Crippen LogP contribution is 2.28. The van der Waals surface area contributed by atoms with Crippen LogP contribution in [-0.2, 0) is 6.54 Å². The quantitative estimate of drug-likeness (QED) is 0.539. The van der Waals surface area contributed by atoms with E-state index < -0.39 is 0 Å². The van der Waals surface area contributed by atoms with Gasteiger partial charge in [0.15, 0.2) is 0 Å². The van der Waals surface area contributed by atoms with Gasteiger partial charge in [0.2, 0.25) is 0 Å². The van der Waals surface area contributed by atoms with Crippen LogP contribution in [0.4, 0.5) is 0 Å². The van der Waals surface area contributed by atoms with Gasteiger partial charge in [-0.05, 0) is 40.2 Å². The third kappa shape index (κ3) is 2.08. The summed E-state index contributed by atoms with van der Waals surface area (Å²) in [6, 6.07) is 12.0. The minimum Gasteiger partial charge on any atom is -0.320 e. The lowest BCUT2D eigenvalue weighted by molar-refractivity contribution is 0.860. The first kappa shape index (κ1) is 12.1. The van der Waals surface area contributed by atoms with E-state index in [1.54, 1.807) is 6.20 Å². The van der Waals surface area contributed by atoms with Gasteiger partial charge in [0.1, 0.15) is 10.4 Å². The van der Waals surface area contributed by atoms with Crippen LogP contribution in [-0.4, -0.2) is 14.5 Å². The zero-order chi connectivity index (χ0) is 13.2. The second kappa shape index (κ2) is 4.97. The molecule has 4 heteroatoms. The fourth-order valence-corrected chi connectivity index (χ4v) is 2.58. The Hall–Kier alpha value is -1.94. The molecule has 3 aromatic rings. The lowest BCUT2D eigenvalue weighted by atomic mass is 10.2.